The summed E-state index contributed by atoms with van der Waals surface area (Å²) in [6.07, 6.45) is 1.58. The van der Waals surface area contributed by atoms with E-state index in [1.807, 2.05) is 6.92 Å². The number of rotatable bonds is 2. The Hall–Kier alpha value is -0.240. The van der Waals surface area contributed by atoms with Gasteiger partial charge in [0.25, 0.3) is 0 Å². The number of halogens is 1. The van der Waals surface area contributed by atoms with Crippen LogP contribution in [0.5, 0.6) is 0 Å². The molecular weight excluding hydrogens is 114 g/mol. The van der Waals surface area contributed by atoms with Crippen LogP contribution in [-0.4, -0.2) is 10.4 Å². The van der Waals surface area contributed by atoms with Crippen molar-refractivity contribution in [2.45, 2.75) is 19.8 Å². The van der Waals surface area contributed by atoms with E-state index in [0.29, 0.717) is 6.42 Å². The molecule has 7 heavy (non-hydrogen) atoms. The van der Waals surface area contributed by atoms with Gasteiger partial charge in [-0.25, -0.2) is 0 Å². The number of oxime groups is 1. The molecule has 0 spiro atoms. The van der Waals surface area contributed by atoms with Crippen LogP contribution in [0.3, 0.4) is 0 Å². The summed E-state index contributed by atoms with van der Waals surface area (Å²) in [5, 5.41) is 11.0. The van der Waals surface area contributed by atoms with Gasteiger partial charge in [-0.2, -0.15) is 0 Å². The van der Waals surface area contributed by atoms with Crippen LogP contribution in [0.25, 0.3) is 0 Å². The summed E-state index contributed by atoms with van der Waals surface area (Å²) in [7, 11) is 0. The van der Waals surface area contributed by atoms with E-state index in [2.05, 4.69) is 5.16 Å². The summed E-state index contributed by atoms with van der Waals surface area (Å²) in [6.45, 7) is 1.97. The first kappa shape index (κ1) is 6.76. The molecule has 0 saturated heterocycles. The maximum Gasteiger partial charge on any atom is 0.145 e. The smallest absolute Gasteiger partial charge is 0.145 e. The van der Waals surface area contributed by atoms with Gasteiger partial charge in [0.15, 0.2) is 0 Å². The van der Waals surface area contributed by atoms with Gasteiger partial charge in [0.2, 0.25) is 0 Å². The topological polar surface area (TPSA) is 32.6 Å². The number of hydrogen-bond donors (Lipinski definition) is 1. The highest BCUT2D eigenvalue weighted by molar-refractivity contribution is 6.65. The van der Waals surface area contributed by atoms with Crippen LogP contribution in [0.4, 0.5) is 0 Å². The first-order valence-electron chi connectivity index (χ1n) is 2.17. The van der Waals surface area contributed by atoms with Crippen LogP contribution >= 0.6 is 11.6 Å². The summed E-state index contributed by atoms with van der Waals surface area (Å²) in [6, 6.07) is 0. The Kier molecular flexibility index (Phi) is 3.80. The van der Waals surface area contributed by atoms with Crippen molar-refractivity contribution in [1.29, 1.82) is 0 Å². The average Bonchev–Trinajstić information content (AvgIpc) is 1.68. The lowest BCUT2D eigenvalue weighted by atomic mass is 10.4. The van der Waals surface area contributed by atoms with Crippen molar-refractivity contribution >= 4 is 16.8 Å². The van der Waals surface area contributed by atoms with Gasteiger partial charge in [-0.3, -0.25) is 0 Å². The highest BCUT2D eigenvalue weighted by Gasteiger charge is 1.87. The van der Waals surface area contributed by atoms with Crippen molar-refractivity contribution in [3.05, 3.63) is 0 Å². The number of hydrogen-bond acceptors (Lipinski definition) is 2. The monoisotopic (exact) mass is 121 g/mol. The van der Waals surface area contributed by atoms with Crippen LogP contribution in [-0.2, 0) is 0 Å². The molecule has 42 valence electrons. The second-order valence-corrected chi connectivity index (χ2v) is 1.66. The summed E-state index contributed by atoms with van der Waals surface area (Å²) < 4.78 is 0. The van der Waals surface area contributed by atoms with Gasteiger partial charge in [0.05, 0.1) is 0 Å². The lowest BCUT2D eigenvalue weighted by Crippen LogP contribution is -1.82. The molecule has 0 saturated carbocycles. The molecule has 0 heterocycles. The molecule has 3 heteroatoms. The molecule has 0 aliphatic carbocycles. The van der Waals surface area contributed by atoms with Gasteiger partial charge in [-0.1, -0.05) is 23.7 Å². The molecular formula is C4H8ClNO. The summed E-state index contributed by atoms with van der Waals surface area (Å²) in [4.78, 5) is 0. The maximum absolute atomic E-state index is 7.92. The number of nitrogens with zero attached hydrogens (tertiary/aromatic N) is 1. The minimum atomic E-state index is 0.280. The van der Waals surface area contributed by atoms with E-state index in [0.717, 1.165) is 6.42 Å². The fourth-order valence-electron chi connectivity index (χ4n) is 0.256. The van der Waals surface area contributed by atoms with Gasteiger partial charge in [-0.05, 0) is 6.42 Å². The molecule has 0 rings (SSSR count). The Labute approximate surface area is 47.8 Å². The molecule has 0 aliphatic rings. The average molecular weight is 122 g/mol. The fraction of sp³-hybridized carbons (Fsp3) is 0.750. The van der Waals surface area contributed by atoms with Crippen LogP contribution in [0.2, 0.25) is 0 Å². The van der Waals surface area contributed by atoms with E-state index in [4.69, 9.17) is 16.8 Å². The zero-order chi connectivity index (χ0) is 5.70. The zero-order valence-electron chi connectivity index (χ0n) is 4.19. The quantitative estimate of drug-likeness (QED) is 0.337. The van der Waals surface area contributed by atoms with Crippen molar-refractivity contribution in [1.82, 2.24) is 0 Å². The van der Waals surface area contributed by atoms with Crippen LogP contribution < -0.4 is 0 Å². The molecule has 0 aromatic carbocycles. The van der Waals surface area contributed by atoms with Gasteiger partial charge >= 0.3 is 0 Å². The largest absolute Gasteiger partial charge is 0.410 e. The van der Waals surface area contributed by atoms with Crippen LogP contribution in [0, 0.1) is 0 Å². The van der Waals surface area contributed by atoms with E-state index >= 15 is 0 Å². The summed E-state index contributed by atoms with van der Waals surface area (Å²) in [5.74, 6) is 0. The Balaban J connectivity index is 3.17. The highest BCUT2D eigenvalue weighted by Crippen LogP contribution is 1.94. The van der Waals surface area contributed by atoms with Gasteiger partial charge in [-0.15, -0.1) is 0 Å². The van der Waals surface area contributed by atoms with Crippen molar-refractivity contribution in [3.8, 4) is 0 Å². The SMILES string of the molecule is CCC/C(Cl)=N/O. The molecule has 0 atom stereocenters. The minimum Gasteiger partial charge on any atom is -0.410 e. The lowest BCUT2D eigenvalue weighted by molar-refractivity contribution is 0.319. The molecule has 1 N–H and O–H groups in total. The van der Waals surface area contributed by atoms with Crippen molar-refractivity contribution in [2.24, 2.45) is 5.16 Å². The van der Waals surface area contributed by atoms with E-state index in [9.17, 15) is 0 Å². The van der Waals surface area contributed by atoms with Crippen molar-refractivity contribution in [2.75, 3.05) is 0 Å². The Morgan fingerprint density at radius 2 is 2.43 bits per heavy atom. The molecule has 0 aromatic rings. The Morgan fingerprint density at radius 3 is 2.57 bits per heavy atom. The maximum atomic E-state index is 7.92. The molecule has 0 aliphatic heterocycles. The lowest BCUT2D eigenvalue weighted by Gasteiger charge is -1.84. The first-order valence-corrected chi connectivity index (χ1v) is 2.55. The van der Waals surface area contributed by atoms with Gasteiger partial charge < -0.3 is 5.21 Å². The van der Waals surface area contributed by atoms with E-state index in [-0.39, 0.29) is 5.17 Å². The molecule has 0 unspecified atom stereocenters. The standard InChI is InChI=1S/C4H8ClNO/c1-2-3-4(5)6-7/h7H,2-3H2,1H3/b6-4-. The third kappa shape index (κ3) is 3.59. The van der Waals surface area contributed by atoms with E-state index in [1.165, 1.54) is 0 Å². The fourth-order valence-corrected chi connectivity index (χ4v) is 0.445. The molecule has 0 aromatic heterocycles. The first-order chi connectivity index (χ1) is 3.31. The van der Waals surface area contributed by atoms with Crippen LogP contribution in [0.15, 0.2) is 5.16 Å². The minimum absolute atomic E-state index is 0.280. The third-order valence-corrected chi connectivity index (χ3v) is 0.829. The van der Waals surface area contributed by atoms with Crippen LogP contribution in [0.1, 0.15) is 19.8 Å². The van der Waals surface area contributed by atoms with Crippen molar-refractivity contribution < 1.29 is 5.21 Å². The zero-order valence-corrected chi connectivity index (χ0v) is 4.94. The molecule has 0 fully saturated rings. The second kappa shape index (κ2) is 3.93. The predicted octanol–water partition coefficient (Wildman–Crippen LogP) is 1.81. The molecule has 0 radical (unpaired) electrons. The molecule has 0 bridgehead atoms. The predicted molar refractivity (Wildman–Crippen MR) is 30.0 cm³/mol. The third-order valence-electron chi connectivity index (χ3n) is 0.565. The van der Waals surface area contributed by atoms with Crippen molar-refractivity contribution in [3.63, 3.8) is 0 Å². The Bertz CT molecular complexity index is 72.1. The highest BCUT2D eigenvalue weighted by atomic mass is 35.5. The van der Waals surface area contributed by atoms with E-state index in [1.54, 1.807) is 0 Å². The van der Waals surface area contributed by atoms with Gasteiger partial charge in [0.1, 0.15) is 5.17 Å². The normalized spacial score (nSPS) is 12.0. The molecule has 0 amide bonds. The second-order valence-electron chi connectivity index (χ2n) is 1.23. The molecule has 2 nitrogen and oxygen atoms in total. The summed E-state index contributed by atoms with van der Waals surface area (Å²) in [5.41, 5.74) is 0. The summed E-state index contributed by atoms with van der Waals surface area (Å²) >= 11 is 5.27. The van der Waals surface area contributed by atoms with Gasteiger partial charge in [0, 0.05) is 6.42 Å². The Morgan fingerprint density at radius 1 is 1.86 bits per heavy atom. The van der Waals surface area contributed by atoms with E-state index < -0.39 is 0 Å².